The largest absolute Gasteiger partial charge is 0.464 e. The highest BCUT2D eigenvalue weighted by Gasteiger charge is 2.34. The number of ether oxygens (including phenoxy) is 1. The minimum absolute atomic E-state index is 0.102. The van der Waals surface area contributed by atoms with E-state index in [0.29, 0.717) is 23.9 Å². The molecule has 0 radical (unpaired) electrons. The molecule has 0 fully saturated rings. The molecule has 0 unspecified atom stereocenters. The summed E-state index contributed by atoms with van der Waals surface area (Å²) in [5.41, 5.74) is 2.82. The highest BCUT2D eigenvalue weighted by Crippen LogP contribution is 2.40. The van der Waals surface area contributed by atoms with Gasteiger partial charge >= 0.3 is 5.97 Å². The Morgan fingerprint density at radius 1 is 1.21 bits per heavy atom. The van der Waals surface area contributed by atoms with E-state index in [-0.39, 0.29) is 11.6 Å². The Kier molecular flexibility index (Phi) is 4.34. The quantitative estimate of drug-likeness (QED) is 0.813. The number of amides is 1. The van der Waals surface area contributed by atoms with Crippen LogP contribution in [0.25, 0.3) is 0 Å². The average Bonchev–Trinajstić information content (AvgIpc) is 3.00. The number of hydrogen-bond donors (Lipinski definition) is 0. The van der Waals surface area contributed by atoms with Crippen LogP contribution < -0.4 is 4.90 Å². The van der Waals surface area contributed by atoms with Crippen molar-refractivity contribution >= 4 is 17.6 Å². The highest BCUT2D eigenvalue weighted by atomic mass is 16.5. The Bertz CT molecular complexity index is 768. The van der Waals surface area contributed by atoms with Crippen molar-refractivity contribution in [3.05, 3.63) is 59.4 Å². The fourth-order valence-corrected chi connectivity index (χ4v) is 3.10. The average molecular weight is 324 g/mol. The molecule has 5 heteroatoms. The molecule has 3 rings (SSSR count). The number of hydrogen-bond acceptors (Lipinski definition) is 4. The van der Waals surface area contributed by atoms with Gasteiger partial charge in [-0.1, -0.05) is 32.0 Å². The fraction of sp³-hybridized carbons (Fsp3) is 0.316. The van der Waals surface area contributed by atoms with Crippen molar-refractivity contribution in [2.24, 2.45) is 5.92 Å². The molecule has 2 heterocycles. The second-order valence-corrected chi connectivity index (χ2v) is 6.25. The smallest absolute Gasteiger partial charge is 0.356 e. The predicted octanol–water partition coefficient (Wildman–Crippen LogP) is 3.27. The number of fused-ring (bicyclic) bond motifs is 1. The normalized spacial score (nSPS) is 16.2. The van der Waals surface area contributed by atoms with Gasteiger partial charge in [0.1, 0.15) is 5.69 Å². The summed E-state index contributed by atoms with van der Waals surface area (Å²) < 4.78 is 4.63. The minimum Gasteiger partial charge on any atom is -0.464 e. The summed E-state index contributed by atoms with van der Waals surface area (Å²) in [4.78, 5) is 30.2. The second-order valence-electron chi connectivity index (χ2n) is 6.25. The van der Waals surface area contributed by atoms with Gasteiger partial charge in [-0.3, -0.25) is 4.79 Å². The number of para-hydroxylation sites is 1. The van der Waals surface area contributed by atoms with Gasteiger partial charge in [0.05, 0.1) is 12.7 Å². The Labute approximate surface area is 141 Å². The lowest BCUT2D eigenvalue weighted by Gasteiger charge is -2.19. The van der Waals surface area contributed by atoms with E-state index in [9.17, 15) is 9.59 Å². The van der Waals surface area contributed by atoms with Gasteiger partial charge < -0.3 is 9.64 Å². The van der Waals surface area contributed by atoms with E-state index in [2.05, 4.69) is 29.6 Å². The Hall–Kier alpha value is -2.69. The van der Waals surface area contributed by atoms with Crippen LogP contribution in [-0.2, 0) is 4.74 Å². The molecule has 1 aliphatic rings. The lowest BCUT2D eigenvalue weighted by molar-refractivity contribution is 0.0593. The second kappa shape index (κ2) is 6.43. The molecule has 124 valence electrons. The predicted molar refractivity (Wildman–Crippen MR) is 91.3 cm³/mol. The first kappa shape index (κ1) is 16.2. The first-order chi connectivity index (χ1) is 11.5. The van der Waals surface area contributed by atoms with Crippen LogP contribution in [0.4, 0.5) is 5.69 Å². The third kappa shape index (κ3) is 2.77. The van der Waals surface area contributed by atoms with E-state index in [4.69, 9.17) is 0 Å². The maximum Gasteiger partial charge on any atom is 0.356 e. The van der Waals surface area contributed by atoms with Gasteiger partial charge in [0.25, 0.3) is 5.91 Å². The van der Waals surface area contributed by atoms with Gasteiger partial charge in [-0.05, 0) is 29.7 Å². The number of esters is 1. The minimum atomic E-state index is -0.514. The number of rotatable bonds is 3. The first-order valence-corrected chi connectivity index (χ1v) is 7.98. The lowest BCUT2D eigenvalue weighted by atomic mass is 9.90. The van der Waals surface area contributed by atoms with Crippen molar-refractivity contribution in [3.8, 4) is 0 Å². The van der Waals surface area contributed by atoms with Crippen molar-refractivity contribution in [1.82, 2.24) is 4.98 Å². The summed E-state index contributed by atoms with van der Waals surface area (Å²) in [6.07, 6.45) is 1.43. The zero-order chi connectivity index (χ0) is 17.3. The van der Waals surface area contributed by atoms with Crippen LogP contribution in [0.1, 0.15) is 46.2 Å². The van der Waals surface area contributed by atoms with E-state index >= 15 is 0 Å². The van der Waals surface area contributed by atoms with Crippen molar-refractivity contribution in [1.29, 1.82) is 0 Å². The van der Waals surface area contributed by atoms with Gasteiger partial charge in [-0.15, -0.1) is 0 Å². The molecule has 2 aromatic rings. The van der Waals surface area contributed by atoms with Crippen LogP contribution in [0.5, 0.6) is 0 Å². The van der Waals surface area contributed by atoms with Gasteiger partial charge in [-0.2, -0.15) is 0 Å². The molecule has 1 aromatic carbocycles. The van der Waals surface area contributed by atoms with Crippen LogP contribution in [0.2, 0.25) is 0 Å². The molecule has 0 saturated carbocycles. The number of carbonyl (C=O) groups excluding carboxylic acids is 2. The summed E-state index contributed by atoms with van der Waals surface area (Å²) in [6.45, 7) is 5.00. The molecule has 5 nitrogen and oxygen atoms in total. The molecule has 1 amide bonds. The number of carbonyl (C=O) groups is 2. The number of aromatic nitrogens is 1. The molecular weight excluding hydrogens is 304 g/mol. The lowest BCUT2D eigenvalue weighted by Crippen LogP contribution is -2.30. The molecule has 1 atom stereocenters. The summed E-state index contributed by atoms with van der Waals surface area (Å²) in [5.74, 6) is 0.158. The SMILES string of the molecule is COC(=O)c1ccc(C(=O)N2C[C@H](C(C)C)c3ccccc32)cn1. The van der Waals surface area contributed by atoms with E-state index in [1.807, 2.05) is 18.2 Å². The van der Waals surface area contributed by atoms with Crippen molar-refractivity contribution in [2.45, 2.75) is 19.8 Å². The number of pyridine rings is 1. The van der Waals surface area contributed by atoms with Crippen LogP contribution in [-0.4, -0.2) is 30.5 Å². The van der Waals surface area contributed by atoms with E-state index < -0.39 is 5.97 Å². The summed E-state index contributed by atoms with van der Waals surface area (Å²) in [5, 5.41) is 0. The summed E-state index contributed by atoms with van der Waals surface area (Å²) in [6, 6.07) is 11.2. The number of nitrogens with zero attached hydrogens (tertiary/aromatic N) is 2. The van der Waals surface area contributed by atoms with Gasteiger partial charge in [0.15, 0.2) is 0 Å². The number of anilines is 1. The van der Waals surface area contributed by atoms with Crippen molar-refractivity contribution in [3.63, 3.8) is 0 Å². The number of methoxy groups -OCH3 is 1. The zero-order valence-corrected chi connectivity index (χ0v) is 14.0. The molecule has 0 N–H and O–H groups in total. The Balaban J connectivity index is 1.89. The molecule has 0 saturated heterocycles. The van der Waals surface area contributed by atoms with E-state index in [0.717, 1.165) is 5.69 Å². The van der Waals surface area contributed by atoms with Crippen LogP contribution >= 0.6 is 0 Å². The Morgan fingerprint density at radius 2 is 1.96 bits per heavy atom. The maximum atomic E-state index is 12.9. The van der Waals surface area contributed by atoms with Crippen LogP contribution in [0.15, 0.2) is 42.6 Å². The maximum absolute atomic E-state index is 12.9. The Morgan fingerprint density at radius 3 is 2.58 bits per heavy atom. The topological polar surface area (TPSA) is 59.5 Å². The van der Waals surface area contributed by atoms with Crippen molar-refractivity contribution in [2.75, 3.05) is 18.6 Å². The standard InChI is InChI=1S/C19H20N2O3/c1-12(2)15-11-21(17-7-5-4-6-14(15)17)18(22)13-8-9-16(20-10-13)19(23)24-3/h4-10,12,15H,11H2,1-3H3/t15-/m1/s1. The fourth-order valence-electron chi connectivity index (χ4n) is 3.10. The third-order valence-electron chi connectivity index (χ3n) is 4.46. The van der Waals surface area contributed by atoms with E-state index in [1.54, 1.807) is 11.0 Å². The molecule has 0 spiro atoms. The molecular formula is C19H20N2O3. The van der Waals surface area contributed by atoms with Gasteiger partial charge in [0.2, 0.25) is 0 Å². The summed E-state index contributed by atoms with van der Waals surface area (Å²) in [7, 11) is 1.30. The monoisotopic (exact) mass is 324 g/mol. The molecule has 0 bridgehead atoms. The highest BCUT2D eigenvalue weighted by molar-refractivity contribution is 6.07. The summed E-state index contributed by atoms with van der Waals surface area (Å²) >= 11 is 0. The van der Waals surface area contributed by atoms with E-state index in [1.165, 1.54) is 24.9 Å². The van der Waals surface area contributed by atoms with Gasteiger partial charge in [0, 0.05) is 24.3 Å². The molecule has 24 heavy (non-hydrogen) atoms. The third-order valence-corrected chi connectivity index (χ3v) is 4.46. The number of benzene rings is 1. The first-order valence-electron chi connectivity index (χ1n) is 7.98. The molecule has 0 aliphatic carbocycles. The van der Waals surface area contributed by atoms with Crippen molar-refractivity contribution < 1.29 is 14.3 Å². The molecule has 1 aromatic heterocycles. The van der Waals surface area contributed by atoms with Crippen LogP contribution in [0, 0.1) is 5.92 Å². The van der Waals surface area contributed by atoms with Gasteiger partial charge in [-0.25, -0.2) is 9.78 Å². The molecule has 1 aliphatic heterocycles. The zero-order valence-electron chi connectivity index (χ0n) is 14.0. The van der Waals surface area contributed by atoms with Crippen LogP contribution in [0.3, 0.4) is 0 Å².